The molecule has 3 fully saturated rings. The third kappa shape index (κ3) is 4.62. The van der Waals surface area contributed by atoms with Crippen molar-refractivity contribution < 1.29 is 9.84 Å². The summed E-state index contributed by atoms with van der Waals surface area (Å²) in [5.41, 5.74) is 2.28. The lowest BCUT2D eigenvalue weighted by molar-refractivity contribution is -0.0893. The number of likely N-dealkylation sites (N-methyl/N-ethyl adjacent to an activating group) is 1. The molecule has 0 spiro atoms. The highest BCUT2D eigenvalue weighted by Gasteiger charge is 2.55. The van der Waals surface area contributed by atoms with Crippen LogP contribution in [0.5, 0.6) is 0 Å². The monoisotopic (exact) mass is 569 g/mol. The van der Waals surface area contributed by atoms with Crippen LogP contribution in [0.15, 0.2) is 48.7 Å². The molecule has 6 heterocycles. The zero-order valence-electron chi connectivity index (χ0n) is 25.6. The zero-order valence-corrected chi connectivity index (χ0v) is 25.6. The minimum atomic E-state index is -1.05. The van der Waals surface area contributed by atoms with E-state index in [0.717, 1.165) is 48.3 Å². The summed E-state index contributed by atoms with van der Waals surface area (Å²) in [6, 6.07) is 15.2. The lowest BCUT2D eigenvalue weighted by Gasteiger charge is -2.46. The summed E-state index contributed by atoms with van der Waals surface area (Å²) >= 11 is 0. The van der Waals surface area contributed by atoms with Crippen molar-refractivity contribution in [1.82, 2.24) is 19.9 Å². The molecule has 4 aliphatic heterocycles. The first kappa shape index (κ1) is 27.6. The molecule has 0 saturated carbocycles. The summed E-state index contributed by atoms with van der Waals surface area (Å²) in [6.45, 7) is 14.1. The van der Waals surface area contributed by atoms with Gasteiger partial charge in [0, 0.05) is 47.7 Å². The number of aromatic nitrogens is 3. The number of nitrogens with zero attached hydrogens (tertiary/aromatic N) is 6. The average molecular weight is 570 g/mol. The summed E-state index contributed by atoms with van der Waals surface area (Å²) in [6.07, 6.45) is 4.06. The predicted molar refractivity (Wildman–Crippen MR) is 166 cm³/mol. The van der Waals surface area contributed by atoms with E-state index in [-0.39, 0.29) is 17.1 Å². The molecule has 222 valence electrons. The Morgan fingerprint density at radius 3 is 2.57 bits per heavy atom. The van der Waals surface area contributed by atoms with Crippen LogP contribution in [0.25, 0.3) is 0 Å². The Bertz CT molecular complexity index is 1490. The standard InChI is InChI=1S/C33H43N7O2/c1-31(2)16-27-33(5,20-42-31)24-17-34-30(37-29(24)40(27)28-9-7-8-26(36-28)32(3,4)41)35-22-10-12-23(13-11-22)39-18-21-14-15-38(6)25(21)19-39/h7-13,17,21,25,27,41H,14-16,18-20H2,1-6H3,(H,34,35,37)/t21-,25+,27+,33+/m0/s1. The normalized spacial score (nSPS) is 28.5. The van der Waals surface area contributed by atoms with Crippen LogP contribution >= 0.6 is 0 Å². The summed E-state index contributed by atoms with van der Waals surface area (Å²) in [7, 11) is 2.25. The van der Waals surface area contributed by atoms with Gasteiger partial charge < -0.3 is 29.9 Å². The van der Waals surface area contributed by atoms with Gasteiger partial charge in [-0.3, -0.25) is 0 Å². The molecular formula is C33H43N7O2. The van der Waals surface area contributed by atoms with Crippen LogP contribution in [0.3, 0.4) is 0 Å². The van der Waals surface area contributed by atoms with Gasteiger partial charge in [0.05, 0.1) is 23.9 Å². The minimum absolute atomic E-state index is 0.0867. The number of anilines is 5. The van der Waals surface area contributed by atoms with Crippen molar-refractivity contribution in [2.24, 2.45) is 5.92 Å². The van der Waals surface area contributed by atoms with Gasteiger partial charge in [0.25, 0.3) is 0 Å². The fourth-order valence-corrected chi connectivity index (χ4v) is 7.43. The highest BCUT2D eigenvalue weighted by Crippen LogP contribution is 2.53. The molecule has 0 bridgehead atoms. The van der Waals surface area contributed by atoms with Crippen molar-refractivity contribution in [2.45, 2.75) is 76.2 Å². The number of hydrogen-bond acceptors (Lipinski definition) is 9. The smallest absolute Gasteiger partial charge is 0.229 e. The van der Waals surface area contributed by atoms with E-state index in [1.165, 1.54) is 18.7 Å². The van der Waals surface area contributed by atoms with E-state index < -0.39 is 5.60 Å². The molecule has 4 aliphatic rings. The van der Waals surface area contributed by atoms with Gasteiger partial charge >= 0.3 is 0 Å². The number of rotatable bonds is 5. The molecule has 9 heteroatoms. The Balaban J connectivity index is 1.19. The SMILES string of the molecule is CN1CC[C@H]2CN(c3ccc(Nc4ncc5c(n4)N(c4cccc(C(C)(C)O)n4)[C@@H]4CC(C)(C)OC[C@]54C)cc3)C[C@H]21. The van der Waals surface area contributed by atoms with Gasteiger partial charge in [0.15, 0.2) is 0 Å². The molecule has 0 radical (unpaired) electrons. The van der Waals surface area contributed by atoms with E-state index in [1.54, 1.807) is 13.8 Å². The van der Waals surface area contributed by atoms with Gasteiger partial charge in [-0.05, 0) is 96.4 Å². The number of pyridine rings is 1. The number of benzene rings is 1. The molecular weight excluding hydrogens is 526 g/mol. The number of likely N-dealkylation sites (tertiary alicyclic amines) is 1. The van der Waals surface area contributed by atoms with Crippen molar-refractivity contribution in [2.75, 3.05) is 48.4 Å². The molecule has 4 atom stereocenters. The van der Waals surface area contributed by atoms with E-state index in [9.17, 15) is 5.11 Å². The molecule has 2 N–H and O–H groups in total. The first-order valence-electron chi connectivity index (χ1n) is 15.2. The maximum Gasteiger partial charge on any atom is 0.229 e. The number of nitrogens with one attached hydrogen (secondary N) is 1. The molecule has 3 saturated heterocycles. The van der Waals surface area contributed by atoms with Crippen molar-refractivity contribution in [3.8, 4) is 0 Å². The molecule has 9 nitrogen and oxygen atoms in total. The van der Waals surface area contributed by atoms with Gasteiger partial charge in [-0.25, -0.2) is 9.97 Å². The minimum Gasteiger partial charge on any atom is -0.384 e. The van der Waals surface area contributed by atoms with Crippen LogP contribution in [-0.4, -0.2) is 75.9 Å². The maximum absolute atomic E-state index is 10.7. The maximum atomic E-state index is 10.7. The fraction of sp³-hybridized carbons (Fsp3) is 0.545. The second-order valence-electron chi connectivity index (χ2n) is 14.1. The van der Waals surface area contributed by atoms with Gasteiger partial charge in [-0.15, -0.1) is 0 Å². The molecule has 0 unspecified atom stereocenters. The van der Waals surface area contributed by atoms with Gasteiger partial charge in [0.2, 0.25) is 5.95 Å². The van der Waals surface area contributed by atoms with Gasteiger partial charge in [-0.1, -0.05) is 13.0 Å². The predicted octanol–water partition coefficient (Wildman–Crippen LogP) is 4.96. The van der Waals surface area contributed by atoms with Crippen molar-refractivity contribution in [1.29, 1.82) is 0 Å². The van der Waals surface area contributed by atoms with E-state index in [0.29, 0.717) is 24.3 Å². The number of fused-ring (bicyclic) bond motifs is 4. The summed E-state index contributed by atoms with van der Waals surface area (Å²) in [4.78, 5) is 22.1. The summed E-state index contributed by atoms with van der Waals surface area (Å²) in [5.74, 6) is 2.93. The lowest BCUT2D eigenvalue weighted by Crippen LogP contribution is -2.54. The highest BCUT2D eigenvalue weighted by molar-refractivity contribution is 5.71. The van der Waals surface area contributed by atoms with Crippen LogP contribution in [-0.2, 0) is 15.8 Å². The molecule has 0 aliphatic carbocycles. The van der Waals surface area contributed by atoms with E-state index in [4.69, 9.17) is 19.7 Å². The zero-order chi connectivity index (χ0) is 29.4. The van der Waals surface area contributed by atoms with Crippen LogP contribution in [0, 0.1) is 5.92 Å². The summed E-state index contributed by atoms with van der Waals surface area (Å²) in [5, 5.41) is 14.2. The molecule has 7 rings (SSSR count). The van der Waals surface area contributed by atoms with Crippen molar-refractivity contribution in [3.05, 3.63) is 59.9 Å². The van der Waals surface area contributed by atoms with Gasteiger partial charge in [0.1, 0.15) is 17.2 Å². The second kappa shape index (κ2) is 9.62. The van der Waals surface area contributed by atoms with Crippen LogP contribution < -0.4 is 15.1 Å². The summed E-state index contributed by atoms with van der Waals surface area (Å²) < 4.78 is 6.35. The van der Waals surface area contributed by atoms with E-state index in [1.807, 2.05) is 24.4 Å². The number of ether oxygens (including phenoxy) is 1. The second-order valence-corrected chi connectivity index (χ2v) is 14.1. The lowest BCUT2D eigenvalue weighted by atomic mass is 9.73. The van der Waals surface area contributed by atoms with E-state index >= 15 is 0 Å². The molecule has 1 aromatic carbocycles. The first-order valence-corrected chi connectivity index (χ1v) is 15.2. The topological polar surface area (TPSA) is 89.9 Å². The third-order valence-corrected chi connectivity index (χ3v) is 10.0. The molecule has 42 heavy (non-hydrogen) atoms. The molecule has 0 amide bonds. The van der Waals surface area contributed by atoms with Crippen molar-refractivity contribution in [3.63, 3.8) is 0 Å². The largest absolute Gasteiger partial charge is 0.384 e. The fourth-order valence-electron chi connectivity index (χ4n) is 7.43. The molecule has 3 aromatic rings. The van der Waals surface area contributed by atoms with Crippen LogP contribution in [0.1, 0.15) is 58.7 Å². The Morgan fingerprint density at radius 1 is 1.05 bits per heavy atom. The first-order chi connectivity index (χ1) is 19.9. The van der Waals surface area contributed by atoms with E-state index in [2.05, 4.69) is 72.1 Å². The Kier molecular flexibility index (Phi) is 6.31. The van der Waals surface area contributed by atoms with Gasteiger partial charge in [-0.2, -0.15) is 4.98 Å². The Hall–Kier alpha value is -3.27. The average Bonchev–Trinajstić information content (AvgIpc) is 3.59. The number of hydrogen-bond donors (Lipinski definition) is 2. The highest BCUT2D eigenvalue weighted by atomic mass is 16.5. The Labute approximate surface area is 248 Å². The third-order valence-electron chi connectivity index (χ3n) is 10.0. The Morgan fingerprint density at radius 2 is 1.83 bits per heavy atom. The van der Waals surface area contributed by atoms with Crippen LogP contribution in [0.4, 0.5) is 29.0 Å². The van der Waals surface area contributed by atoms with Crippen LogP contribution in [0.2, 0.25) is 0 Å². The van der Waals surface area contributed by atoms with Crippen molar-refractivity contribution >= 4 is 29.0 Å². The number of aliphatic hydroxyl groups is 1. The quantitative estimate of drug-likeness (QED) is 0.443. The molecule has 2 aromatic heterocycles.